The molecule has 22 heteroatoms. The average molecular weight is 622 g/mol. The summed E-state index contributed by atoms with van der Waals surface area (Å²) in [6.45, 7) is 0. The van der Waals surface area contributed by atoms with Gasteiger partial charge in [0, 0.05) is 12.8 Å². The molecule has 0 bridgehead atoms. The Morgan fingerprint density at radius 2 is 0.447 bits per heavy atom. The van der Waals surface area contributed by atoms with Crippen molar-refractivity contribution in [2.45, 2.75) is 98.3 Å². The van der Waals surface area contributed by atoms with Gasteiger partial charge in [0.25, 0.3) is 0 Å². The summed E-state index contributed by atoms with van der Waals surface area (Å²) in [7, 11) is 0. The number of hydrogen-bond acceptors (Lipinski definition) is 0. The average Bonchev–Trinajstić information content (AvgIpc) is 2.67. The monoisotopic (exact) mass is 622 g/mol. The van der Waals surface area contributed by atoms with Crippen LogP contribution in [-0.4, -0.2) is 59.7 Å². The summed E-state index contributed by atoms with van der Waals surface area (Å²) in [6, 6.07) is 0. The molecule has 0 atom stereocenters. The molecule has 0 fully saturated rings. The highest BCUT2D eigenvalue weighted by Gasteiger charge is 2.88. The fourth-order valence-corrected chi connectivity index (χ4v) is 2.57. The summed E-state index contributed by atoms with van der Waals surface area (Å²) in [4.78, 5) is 0. The van der Waals surface area contributed by atoms with E-state index in [1.807, 2.05) is 0 Å². The van der Waals surface area contributed by atoms with Crippen molar-refractivity contribution in [2.24, 2.45) is 0 Å². The topological polar surface area (TPSA) is 0 Å². The second kappa shape index (κ2) is 10.1. The predicted molar refractivity (Wildman–Crippen MR) is 79.4 cm³/mol. The number of hydrogen-bond donors (Lipinski definition) is 0. The van der Waals surface area contributed by atoms with Crippen LogP contribution in [0.1, 0.15) is 38.5 Å². The minimum Gasteiger partial charge on any atom is -0.200 e. The minimum atomic E-state index is -7.72. The Morgan fingerprint density at radius 1 is 0.237 bits per heavy atom. The van der Waals surface area contributed by atoms with Gasteiger partial charge in [-0.05, 0) is 12.8 Å². The zero-order valence-corrected chi connectivity index (χ0v) is 17.6. The lowest BCUT2D eigenvalue weighted by Gasteiger charge is -2.37. The second-order valence-electron chi connectivity index (χ2n) is 7.76. The first-order valence-corrected chi connectivity index (χ1v) is 9.36. The van der Waals surface area contributed by atoms with Gasteiger partial charge in [0.05, 0.1) is 0 Å². The van der Waals surface area contributed by atoms with Crippen LogP contribution in [-0.2, 0) is 0 Å². The first-order valence-electron chi connectivity index (χ1n) is 9.36. The summed E-state index contributed by atoms with van der Waals surface area (Å²) in [5.41, 5.74) is 0. The van der Waals surface area contributed by atoms with Gasteiger partial charge in [-0.25, -0.2) is 0 Å². The molecule has 0 aliphatic heterocycles. The van der Waals surface area contributed by atoms with Crippen molar-refractivity contribution >= 4 is 0 Å². The van der Waals surface area contributed by atoms with Gasteiger partial charge in [0.15, 0.2) is 0 Å². The first kappa shape index (κ1) is 36.5. The largest absolute Gasteiger partial charge is 0.460 e. The van der Waals surface area contributed by atoms with E-state index < -0.39 is 98.3 Å². The van der Waals surface area contributed by atoms with E-state index in [-0.39, 0.29) is 0 Å². The molecule has 0 spiro atoms. The van der Waals surface area contributed by atoms with Crippen molar-refractivity contribution in [1.82, 2.24) is 0 Å². The van der Waals surface area contributed by atoms with Crippen LogP contribution in [0.25, 0.3) is 0 Å². The lowest BCUT2D eigenvalue weighted by molar-refractivity contribution is -0.422. The molecule has 0 saturated heterocycles. The predicted octanol–water partition coefficient (Wildman–Crippen LogP) is 9.53. The highest BCUT2D eigenvalue weighted by molar-refractivity contribution is 5.07. The third kappa shape index (κ3) is 5.81. The van der Waals surface area contributed by atoms with E-state index in [1.165, 1.54) is 0 Å². The molecule has 0 aliphatic carbocycles. The zero-order chi connectivity index (χ0) is 31.2. The summed E-state index contributed by atoms with van der Waals surface area (Å²) < 4.78 is 281. The van der Waals surface area contributed by atoms with Gasteiger partial charge in [0.2, 0.25) is 0 Å². The van der Waals surface area contributed by atoms with Crippen LogP contribution < -0.4 is 0 Å². The van der Waals surface area contributed by atoms with Crippen molar-refractivity contribution in [1.29, 1.82) is 0 Å². The van der Waals surface area contributed by atoms with Crippen molar-refractivity contribution < 1.29 is 96.6 Å². The normalized spacial score (nSPS) is 16.3. The first-order chi connectivity index (χ1) is 16.2. The number of alkyl halides is 22. The van der Waals surface area contributed by atoms with Crippen LogP contribution in [0, 0.1) is 0 Å². The quantitative estimate of drug-likeness (QED) is 0.142. The molecule has 0 aromatic rings. The van der Waals surface area contributed by atoms with Crippen LogP contribution in [0.15, 0.2) is 0 Å². The molecule has 0 aliphatic rings. The maximum absolute atomic E-state index is 13.4. The minimum absolute atomic E-state index is 1.20. The summed E-state index contributed by atoms with van der Waals surface area (Å²) in [5.74, 6) is -58.2. The maximum Gasteiger partial charge on any atom is 0.460 e. The highest BCUT2D eigenvalue weighted by Crippen LogP contribution is 2.59. The molecule has 0 radical (unpaired) electrons. The van der Waals surface area contributed by atoms with E-state index in [4.69, 9.17) is 0 Å². The lowest BCUT2D eigenvalue weighted by Crippen LogP contribution is -2.66. The van der Waals surface area contributed by atoms with E-state index in [2.05, 4.69) is 0 Å². The van der Waals surface area contributed by atoms with Crippen LogP contribution in [0.5, 0.6) is 0 Å². The Bertz CT molecular complexity index is 718. The molecular weight excluding hydrogens is 610 g/mol. The second-order valence-corrected chi connectivity index (χ2v) is 7.76. The third-order valence-electron chi connectivity index (χ3n) is 4.94. The Hall–Kier alpha value is -1.54. The molecule has 0 nitrogen and oxygen atoms in total. The van der Waals surface area contributed by atoms with Gasteiger partial charge < -0.3 is 0 Å². The number of rotatable bonds is 13. The van der Waals surface area contributed by atoms with Crippen molar-refractivity contribution in [3.05, 3.63) is 0 Å². The van der Waals surface area contributed by atoms with Gasteiger partial charge >= 0.3 is 59.7 Å². The van der Waals surface area contributed by atoms with Crippen LogP contribution in [0.2, 0.25) is 0 Å². The molecule has 0 aromatic heterocycles. The molecule has 0 N–H and O–H groups in total. The fourth-order valence-electron chi connectivity index (χ4n) is 2.57. The molecular formula is C16H12F22. The molecule has 0 heterocycles. The third-order valence-corrected chi connectivity index (χ3v) is 4.94. The summed E-state index contributed by atoms with van der Waals surface area (Å²) in [5, 5.41) is 0. The Kier molecular flexibility index (Phi) is 9.72. The Balaban J connectivity index is 5.30. The van der Waals surface area contributed by atoms with Gasteiger partial charge in [0.1, 0.15) is 0 Å². The fraction of sp³-hybridized carbons (Fsp3) is 1.00. The van der Waals surface area contributed by atoms with E-state index in [1.54, 1.807) is 0 Å². The van der Waals surface area contributed by atoms with Crippen LogP contribution >= 0.6 is 0 Å². The summed E-state index contributed by atoms with van der Waals surface area (Å²) >= 11 is 0. The van der Waals surface area contributed by atoms with Crippen LogP contribution in [0.3, 0.4) is 0 Å². The molecule has 230 valence electrons. The van der Waals surface area contributed by atoms with Crippen molar-refractivity contribution in [3.8, 4) is 0 Å². The van der Waals surface area contributed by atoms with Crippen molar-refractivity contribution in [2.75, 3.05) is 0 Å². The maximum atomic E-state index is 13.4. The molecule has 0 amide bonds. The van der Waals surface area contributed by atoms with E-state index in [0.29, 0.717) is 0 Å². The Morgan fingerprint density at radius 3 is 0.632 bits per heavy atom. The molecule has 0 saturated carbocycles. The van der Waals surface area contributed by atoms with E-state index in [0.717, 1.165) is 0 Å². The zero-order valence-electron chi connectivity index (χ0n) is 17.6. The molecule has 38 heavy (non-hydrogen) atoms. The highest BCUT2D eigenvalue weighted by atomic mass is 19.4. The SMILES string of the molecule is FC(F)(F)C(F)(F)C(F)(F)C(F)(F)C(F)(F)CCCCCCC(F)(F)C(F)(F)C(F)(F)C(F)(F)C(F)(F)F. The number of halogens is 22. The van der Waals surface area contributed by atoms with E-state index >= 15 is 0 Å². The van der Waals surface area contributed by atoms with Crippen molar-refractivity contribution in [3.63, 3.8) is 0 Å². The van der Waals surface area contributed by atoms with Gasteiger partial charge in [-0.15, -0.1) is 0 Å². The molecule has 0 rings (SSSR count). The number of unbranched alkanes of at least 4 members (excludes halogenated alkanes) is 3. The lowest BCUT2D eigenvalue weighted by atomic mass is 9.93. The molecule has 0 unspecified atom stereocenters. The summed E-state index contributed by atoms with van der Waals surface area (Å²) in [6.07, 6.45) is -25.7. The van der Waals surface area contributed by atoms with Crippen LogP contribution in [0.4, 0.5) is 96.6 Å². The van der Waals surface area contributed by atoms with Gasteiger partial charge in [-0.2, -0.15) is 96.6 Å². The van der Waals surface area contributed by atoms with E-state index in [9.17, 15) is 96.6 Å². The Labute approximate surface area is 196 Å². The van der Waals surface area contributed by atoms with Gasteiger partial charge in [-0.3, -0.25) is 0 Å². The van der Waals surface area contributed by atoms with Gasteiger partial charge in [-0.1, -0.05) is 12.8 Å². The molecule has 0 aromatic carbocycles. The smallest absolute Gasteiger partial charge is 0.200 e. The standard InChI is InChI=1S/C16H12F22/c17-7(18,9(21,22)11(25,26)13(29,30)15(33,34)35)5-3-1-2-4-6-8(19,20)10(23,24)12(27,28)14(31,32)16(36,37)38/h1-6H2.